The maximum absolute atomic E-state index is 9.83. The van der Waals surface area contributed by atoms with Crippen LogP contribution in [0.5, 0.6) is 11.5 Å². The van der Waals surface area contributed by atoms with E-state index in [1.165, 1.54) is 0 Å². The Kier molecular flexibility index (Phi) is 11.7. The largest absolute Gasteiger partial charge is 0.491 e. The first kappa shape index (κ1) is 33.0. The van der Waals surface area contributed by atoms with Crippen molar-refractivity contribution >= 4 is 34.1 Å². The monoisotopic (exact) mass is 636 g/mol. The van der Waals surface area contributed by atoms with Gasteiger partial charge in [0, 0.05) is 17.0 Å². The van der Waals surface area contributed by atoms with Crippen LogP contribution in [-0.4, -0.2) is 83.2 Å². The lowest BCUT2D eigenvalue weighted by molar-refractivity contribution is -0.00796. The van der Waals surface area contributed by atoms with Gasteiger partial charge in [-0.2, -0.15) is 0 Å². The lowest BCUT2D eigenvalue weighted by Gasteiger charge is -2.20. The number of ether oxygens (including phenoxy) is 6. The van der Waals surface area contributed by atoms with Crippen molar-refractivity contribution < 1.29 is 38.5 Å². The van der Waals surface area contributed by atoms with Crippen LogP contribution in [0.15, 0.2) is 97.1 Å². The number of fused-ring (bicyclic) bond motifs is 7. The highest BCUT2D eigenvalue weighted by molar-refractivity contribution is 6.59. The molecule has 0 unspecified atom stereocenters. The molecule has 0 aliphatic carbocycles. The molecule has 1 aliphatic heterocycles. The van der Waals surface area contributed by atoms with Gasteiger partial charge in [-0.25, -0.2) is 0 Å². The second kappa shape index (κ2) is 16.7. The van der Waals surface area contributed by atoms with Gasteiger partial charge in [-0.3, -0.25) is 0 Å². The maximum atomic E-state index is 9.83. The molecule has 0 aromatic heterocycles. The van der Waals surface area contributed by atoms with E-state index in [2.05, 4.69) is 36.4 Å². The number of benzene rings is 5. The van der Waals surface area contributed by atoms with Gasteiger partial charge in [0.15, 0.2) is 0 Å². The molecule has 5 aromatic carbocycles. The van der Waals surface area contributed by atoms with E-state index >= 15 is 0 Å². The molecule has 0 spiro atoms. The van der Waals surface area contributed by atoms with Crippen LogP contribution in [0.2, 0.25) is 0 Å². The molecule has 0 radical (unpaired) electrons. The Hall–Kier alpha value is -3.96. The van der Waals surface area contributed by atoms with Gasteiger partial charge in [0.05, 0.1) is 52.9 Å². The summed E-state index contributed by atoms with van der Waals surface area (Å²) in [4.78, 5) is 0. The maximum Gasteiger partial charge on any atom is 0.488 e. The molecule has 1 aliphatic rings. The fraction of sp³-hybridized carbons (Fsp3) is 0.316. The molecule has 1 heterocycles. The Balaban J connectivity index is 1.21. The molecule has 6 rings (SSSR count). The summed E-state index contributed by atoms with van der Waals surface area (Å²) in [5, 5.41) is 24.1. The fourth-order valence-electron chi connectivity index (χ4n) is 6.07. The predicted octanol–water partition coefficient (Wildman–Crippen LogP) is 5.04. The minimum atomic E-state index is -1.53. The van der Waals surface area contributed by atoms with Gasteiger partial charge in [0.25, 0.3) is 0 Å². The van der Waals surface area contributed by atoms with Crippen LogP contribution in [0.25, 0.3) is 32.7 Å². The summed E-state index contributed by atoms with van der Waals surface area (Å²) < 4.78 is 36.6. The first-order valence-corrected chi connectivity index (χ1v) is 16.2. The van der Waals surface area contributed by atoms with Gasteiger partial charge in [-0.15, -0.1) is 0 Å². The molecular formula is C38H41BO8. The lowest BCUT2D eigenvalue weighted by atomic mass is 9.75. The SMILES string of the molecule is OB(O)c1ccccc1CC1COCCOCCOc2ccc3ccccc3c2-c2c(ccc3ccccc23)OCCOCCOC1. The highest BCUT2D eigenvalue weighted by Crippen LogP contribution is 2.45. The summed E-state index contributed by atoms with van der Waals surface area (Å²) in [6.45, 7) is 4.11. The number of hydrogen-bond donors (Lipinski definition) is 2. The van der Waals surface area contributed by atoms with Crippen molar-refractivity contribution in [2.75, 3.05) is 66.1 Å². The molecule has 0 amide bonds. The van der Waals surface area contributed by atoms with Crippen LogP contribution in [0.1, 0.15) is 5.56 Å². The molecule has 0 saturated carbocycles. The van der Waals surface area contributed by atoms with Crippen molar-refractivity contribution in [2.45, 2.75) is 6.42 Å². The highest BCUT2D eigenvalue weighted by atomic mass is 16.6. The second-order valence-electron chi connectivity index (χ2n) is 11.5. The van der Waals surface area contributed by atoms with Gasteiger partial charge in [0.2, 0.25) is 0 Å². The molecular weight excluding hydrogens is 595 g/mol. The average Bonchev–Trinajstić information content (AvgIpc) is 3.10. The Bertz CT molecular complexity index is 1640. The summed E-state index contributed by atoms with van der Waals surface area (Å²) in [7, 11) is -1.53. The quantitative estimate of drug-likeness (QED) is 0.266. The first-order valence-electron chi connectivity index (χ1n) is 16.2. The average molecular weight is 637 g/mol. The smallest absolute Gasteiger partial charge is 0.488 e. The zero-order valence-corrected chi connectivity index (χ0v) is 26.5. The Morgan fingerprint density at radius 1 is 0.511 bits per heavy atom. The molecule has 0 bridgehead atoms. The Morgan fingerprint density at radius 3 is 1.53 bits per heavy atom. The molecule has 8 nitrogen and oxygen atoms in total. The third kappa shape index (κ3) is 8.50. The predicted molar refractivity (Wildman–Crippen MR) is 185 cm³/mol. The van der Waals surface area contributed by atoms with Crippen LogP contribution in [-0.2, 0) is 25.4 Å². The van der Waals surface area contributed by atoms with E-state index in [0.717, 1.165) is 49.7 Å². The Labute approximate surface area is 275 Å². The summed E-state index contributed by atoms with van der Waals surface area (Å²) in [5.74, 6) is 1.54. The highest BCUT2D eigenvalue weighted by Gasteiger charge is 2.21. The van der Waals surface area contributed by atoms with E-state index in [9.17, 15) is 10.0 Å². The third-order valence-corrected chi connectivity index (χ3v) is 8.30. The van der Waals surface area contributed by atoms with E-state index in [1.54, 1.807) is 12.1 Å². The third-order valence-electron chi connectivity index (χ3n) is 8.30. The molecule has 0 fully saturated rings. The number of hydrogen-bond acceptors (Lipinski definition) is 8. The van der Waals surface area contributed by atoms with Crippen molar-refractivity contribution in [3.63, 3.8) is 0 Å². The summed E-state index contributed by atoms with van der Waals surface area (Å²) in [6, 6.07) is 32.2. The van der Waals surface area contributed by atoms with Crippen molar-refractivity contribution in [1.82, 2.24) is 0 Å². The van der Waals surface area contributed by atoms with E-state index in [4.69, 9.17) is 28.4 Å². The summed E-state index contributed by atoms with van der Waals surface area (Å²) >= 11 is 0. The van der Waals surface area contributed by atoms with Crippen molar-refractivity contribution in [1.29, 1.82) is 0 Å². The van der Waals surface area contributed by atoms with Crippen LogP contribution >= 0.6 is 0 Å². The lowest BCUT2D eigenvalue weighted by Crippen LogP contribution is -2.34. The molecule has 5 aromatic rings. The van der Waals surface area contributed by atoms with E-state index < -0.39 is 7.12 Å². The van der Waals surface area contributed by atoms with Crippen LogP contribution in [0, 0.1) is 5.92 Å². The van der Waals surface area contributed by atoms with Crippen molar-refractivity contribution in [2.24, 2.45) is 5.92 Å². The zero-order valence-electron chi connectivity index (χ0n) is 26.5. The molecule has 9 heteroatoms. The molecule has 244 valence electrons. The standard InChI is InChI=1S/C38H41BO8/c40-39(41)34-12-6-3-9-31(34)25-28-26-44-19-17-42-21-23-46-35-15-13-29-7-1-4-10-32(29)37(35)38-33-11-5-2-8-30(33)14-16-36(38)47-24-22-43-18-20-45-27-28/h1-16,28,40-41H,17-27H2. The van der Waals surface area contributed by atoms with E-state index in [0.29, 0.717) is 78.0 Å². The zero-order chi connectivity index (χ0) is 32.3. The van der Waals surface area contributed by atoms with Crippen LogP contribution in [0.4, 0.5) is 0 Å². The Morgan fingerprint density at radius 2 is 0.979 bits per heavy atom. The molecule has 0 saturated heterocycles. The van der Waals surface area contributed by atoms with Gasteiger partial charge in [-0.1, -0.05) is 84.9 Å². The fourth-order valence-corrected chi connectivity index (χ4v) is 6.07. The molecule has 47 heavy (non-hydrogen) atoms. The minimum Gasteiger partial charge on any atom is -0.491 e. The summed E-state index contributed by atoms with van der Waals surface area (Å²) in [6.07, 6.45) is 0.583. The van der Waals surface area contributed by atoms with Gasteiger partial charge in [0.1, 0.15) is 24.7 Å². The van der Waals surface area contributed by atoms with Gasteiger partial charge >= 0.3 is 7.12 Å². The minimum absolute atomic E-state index is 0.00771. The molecule has 0 atom stereocenters. The number of rotatable bonds is 3. The van der Waals surface area contributed by atoms with Gasteiger partial charge < -0.3 is 38.5 Å². The first-order chi connectivity index (χ1) is 23.2. The normalized spacial score (nSPS) is 16.3. The van der Waals surface area contributed by atoms with Crippen LogP contribution < -0.4 is 14.9 Å². The molecule has 2 N–H and O–H groups in total. The van der Waals surface area contributed by atoms with E-state index in [1.807, 2.05) is 48.5 Å². The van der Waals surface area contributed by atoms with E-state index in [-0.39, 0.29) is 5.92 Å². The van der Waals surface area contributed by atoms with Crippen LogP contribution in [0.3, 0.4) is 0 Å². The topological polar surface area (TPSA) is 95.8 Å². The van der Waals surface area contributed by atoms with Gasteiger partial charge in [-0.05, 0) is 51.1 Å². The van der Waals surface area contributed by atoms with Crippen molar-refractivity contribution in [3.8, 4) is 22.6 Å². The summed E-state index contributed by atoms with van der Waals surface area (Å²) in [5.41, 5.74) is 3.32. The second-order valence-corrected chi connectivity index (χ2v) is 11.5. The van der Waals surface area contributed by atoms with Crippen molar-refractivity contribution in [3.05, 3.63) is 103 Å².